The summed E-state index contributed by atoms with van der Waals surface area (Å²) in [7, 11) is -3.12. The molecule has 2 saturated heterocycles. The van der Waals surface area contributed by atoms with Gasteiger partial charge in [-0.15, -0.1) is 0 Å². The second kappa shape index (κ2) is 5.50. The Hall–Kier alpha value is -0.460. The van der Waals surface area contributed by atoms with Crippen molar-refractivity contribution < 1.29 is 13.2 Å². The highest BCUT2D eigenvalue weighted by Crippen LogP contribution is 2.27. The van der Waals surface area contributed by atoms with Crippen molar-refractivity contribution in [2.45, 2.75) is 44.6 Å². The van der Waals surface area contributed by atoms with E-state index in [2.05, 4.69) is 5.32 Å². The van der Waals surface area contributed by atoms with Gasteiger partial charge in [-0.1, -0.05) is 0 Å². The number of Topliss-reactive ketones (excluding diaryl/α,β-unsaturated/α-hetero) is 1. The molecule has 0 bridgehead atoms. The van der Waals surface area contributed by atoms with Crippen LogP contribution in [0.5, 0.6) is 0 Å². The third-order valence-corrected chi connectivity index (χ3v) is 5.68. The number of nitrogens with one attached hydrogen (secondary N) is 1. The van der Waals surface area contributed by atoms with Crippen molar-refractivity contribution in [2.75, 3.05) is 25.9 Å². The van der Waals surface area contributed by atoms with Gasteiger partial charge in [-0.05, 0) is 45.1 Å². The molecular weight excluding hydrogens is 264 g/mol. The Bertz CT molecular complexity index is 441. The molecule has 0 saturated carbocycles. The molecule has 0 aromatic carbocycles. The lowest BCUT2D eigenvalue weighted by atomic mass is 9.85. The first kappa shape index (κ1) is 14.9. The van der Waals surface area contributed by atoms with Crippen LogP contribution in [0.2, 0.25) is 0 Å². The third kappa shape index (κ3) is 3.55. The van der Waals surface area contributed by atoms with Gasteiger partial charge in [0, 0.05) is 19.5 Å². The summed E-state index contributed by atoms with van der Waals surface area (Å²) in [5, 5.41) is 3.28. The van der Waals surface area contributed by atoms with Crippen molar-refractivity contribution in [3.8, 4) is 0 Å². The maximum absolute atomic E-state index is 12.4. The molecule has 0 radical (unpaired) electrons. The number of hydrogen-bond donors (Lipinski definition) is 1. The molecule has 2 aliphatic heterocycles. The quantitative estimate of drug-likeness (QED) is 0.829. The van der Waals surface area contributed by atoms with Crippen LogP contribution < -0.4 is 5.32 Å². The molecule has 0 spiro atoms. The van der Waals surface area contributed by atoms with E-state index in [0.717, 1.165) is 32.2 Å². The van der Waals surface area contributed by atoms with E-state index in [1.165, 1.54) is 10.6 Å². The molecule has 2 rings (SSSR count). The first-order valence-corrected chi connectivity index (χ1v) is 8.89. The van der Waals surface area contributed by atoms with Gasteiger partial charge in [0.1, 0.15) is 0 Å². The van der Waals surface area contributed by atoms with Crippen molar-refractivity contribution >= 4 is 15.8 Å². The number of hydrogen-bond acceptors (Lipinski definition) is 4. The zero-order valence-corrected chi connectivity index (χ0v) is 12.6. The van der Waals surface area contributed by atoms with E-state index in [0.29, 0.717) is 19.5 Å². The second-order valence-corrected chi connectivity index (χ2v) is 8.10. The first-order chi connectivity index (χ1) is 8.81. The fourth-order valence-corrected chi connectivity index (χ4v) is 4.06. The molecule has 0 aromatic rings. The molecule has 2 atom stereocenters. The molecule has 2 aliphatic rings. The predicted molar refractivity (Wildman–Crippen MR) is 74.4 cm³/mol. The lowest BCUT2D eigenvalue weighted by molar-refractivity contribution is -0.125. The van der Waals surface area contributed by atoms with Crippen LogP contribution in [-0.4, -0.2) is 49.9 Å². The average molecular weight is 288 g/mol. The first-order valence-electron chi connectivity index (χ1n) is 7.05. The maximum Gasteiger partial charge on any atom is 0.211 e. The van der Waals surface area contributed by atoms with Crippen LogP contribution in [0.3, 0.4) is 0 Å². The Morgan fingerprint density at radius 2 is 2.16 bits per heavy atom. The van der Waals surface area contributed by atoms with E-state index in [4.69, 9.17) is 0 Å². The van der Waals surface area contributed by atoms with Crippen molar-refractivity contribution in [3.63, 3.8) is 0 Å². The summed E-state index contributed by atoms with van der Waals surface area (Å²) in [6, 6.07) is 0. The van der Waals surface area contributed by atoms with Crippen LogP contribution in [0.25, 0.3) is 0 Å². The lowest BCUT2D eigenvalue weighted by Crippen LogP contribution is -2.47. The molecule has 2 heterocycles. The minimum absolute atomic E-state index is 0.176. The van der Waals surface area contributed by atoms with Gasteiger partial charge < -0.3 is 5.32 Å². The lowest BCUT2D eigenvalue weighted by Gasteiger charge is -2.32. The summed E-state index contributed by atoms with van der Waals surface area (Å²) >= 11 is 0. The van der Waals surface area contributed by atoms with Gasteiger partial charge in [-0.2, -0.15) is 0 Å². The molecule has 2 fully saturated rings. The van der Waals surface area contributed by atoms with Gasteiger partial charge in [0.25, 0.3) is 0 Å². The van der Waals surface area contributed by atoms with Gasteiger partial charge in [-0.3, -0.25) is 4.79 Å². The fraction of sp³-hybridized carbons (Fsp3) is 0.923. The molecule has 110 valence electrons. The summed E-state index contributed by atoms with van der Waals surface area (Å²) in [6.45, 7) is 3.97. The summed E-state index contributed by atoms with van der Waals surface area (Å²) < 4.78 is 24.6. The Balaban J connectivity index is 1.94. The fourth-order valence-electron chi connectivity index (χ4n) is 3.11. The number of carbonyl (C=O) groups excluding carboxylic acids is 1. The van der Waals surface area contributed by atoms with Gasteiger partial charge in [0.2, 0.25) is 10.0 Å². The number of piperidine rings is 1. The van der Waals surface area contributed by atoms with E-state index in [1.54, 1.807) is 0 Å². The Kier molecular flexibility index (Phi) is 4.32. The maximum atomic E-state index is 12.4. The van der Waals surface area contributed by atoms with E-state index >= 15 is 0 Å². The number of nitrogens with zero attached hydrogens (tertiary/aromatic N) is 1. The number of rotatable bonds is 4. The smallest absolute Gasteiger partial charge is 0.211 e. The largest absolute Gasteiger partial charge is 0.305 e. The molecule has 2 unspecified atom stereocenters. The molecule has 5 nitrogen and oxygen atoms in total. The van der Waals surface area contributed by atoms with E-state index in [1.807, 2.05) is 6.92 Å². The van der Waals surface area contributed by atoms with Crippen LogP contribution in [0.15, 0.2) is 0 Å². The standard InChI is InChI=1S/C13H24N2O3S/c1-13(6-4-7-14-13)12(16)9-11-5-3-8-15(10-11)19(2,17)18/h11,14H,3-10H2,1-2H3. The molecule has 0 amide bonds. The topological polar surface area (TPSA) is 66.5 Å². The highest BCUT2D eigenvalue weighted by Gasteiger charge is 2.37. The molecule has 6 heteroatoms. The Morgan fingerprint density at radius 1 is 1.42 bits per heavy atom. The molecule has 1 N–H and O–H groups in total. The zero-order valence-electron chi connectivity index (χ0n) is 11.8. The minimum Gasteiger partial charge on any atom is -0.305 e. The van der Waals surface area contributed by atoms with Gasteiger partial charge >= 0.3 is 0 Å². The summed E-state index contributed by atoms with van der Waals surface area (Å²) in [5.74, 6) is 0.417. The van der Waals surface area contributed by atoms with E-state index < -0.39 is 10.0 Å². The summed E-state index contributed by atoms with van der Waals surface area (Å²) in [5.41, 5.74) is -0.382. The van der Waals surface area contributed by atoms with Gasteiger partial charge in [0.05, 0.1) is 11.8 Å². The van der Waals surface area contributed by atoms with Crippen molar-refractivity contribution in [3.05, 3.63) is 0 Å². The van der Waals surface area contributed by atoms with Crippen molar-refractivity contribution in [1.29, 1.82) is 0 Å². The van der Waals surface area contributed by atoms with E-state index in [9.17, 15) is 13.2 Å². The Labute approximate surface area is 115 Å². The highest BCUT2D eigenvalue weighted by molar-refractivity contribution is 7.88. The van der Waals surface area contributed by atoms with Crippen molar-refractivity contribution in [1.82, 2.24) is 9.62 Å². The second-order valence-electron chi connectivity index (χ2n) is 6.12. The Morgan fingerprint density at radius 3 is 2.74 bits per heavy atom. The number of sulfonamides is 1. The van der Waals surface area contributed by atoms with Gasteiger partial charge in [0.15, 0.2) is 5.78 Å². The molecule has 0 aromatic heterocycles. The number of ketones is 1. The van der Waals surface area contributed by atoms with Crippen LogP contribution >= 0.6 is 0 Å². The normalized spacial score (nSPS) is 33.5. The zero-order chi connectivity index (χ0) is 14.1. The highest BCUT2D eigenvalue weighted by atomic mass is 32.2. The summed E-state index contributed by atoms with van der Waals surface area (Å²) in [6.07, 6.45) is 5.49. The van der Waals surface area contributed by atoms with E-state index in [-0.39, 0.29) is 17.2 Å². The average Bonchev–Trinajstić information content (AvgIpc) is 2.77. The predicted octanol–water partition coefficient (Wildman–Crippen LogP) is 0.759. The van der Waals surface area contributed by atoms with Crippen LogP contribution in [0, 0.1) is 5.92 Å². The summed E-state index contributed by atoms with van der Waals surface area (Å²) in [4.78, 5) is 12.4. The van der Waals surface area contributed by atoms with Crippen molar-refractivity contribution in [2.24, 2.45) is 5.92 Å². The SMILES string of the molecule is CC1(C(=O)CC2CCCN(S(C)(=O)=O)C2)CCCN1. The van der Waals surface area contributed by atoms with Crippen LogP contribution in [-0.2, 0) is 14.8 Å². The monoisotopic (exact) mass is 288 g/mol. The third-order valence-electron chi connectivity index (χ3n) is 4.41. The number of carbonyl (C=O) groups is 1. The minimum atomic E-state index is -3.12. The van der Waals surface area contributed by atoms with Crippen LogP contribution in [0.4, 0.5) is 0 Å². The molecule has 19 heavy (non-hydrogen) atoms. The molecule has 0 aliphatic carbocycles. The van der Waals surface area contributed by atoms with Crippen LogP contribution in [0.1, 0.15) is 39.0 Å². The molecular formula is C13H24N2O3S. The van der Waals surface area contributed by atoms with Gasteiger partial charge in [-0.25, -0.2) is 12.7 Å².